The van der Waals surface area contributed by atoms with E-state index in [0.717, 1.165) is 6.42 Å². The van der Waals surface area contributed by atoms with Crippen LogP contribution < -0.4 is 5.32 Å². The molecule has 18 heavy (non-hydrogen) atoms. The van der Waals surface area contributed by atoms with Crippen molar-refractivity contribution in [3.63, 3.8) is 0 Å². The normalized spacial score (nSPS) is 32.4. The number of hydrogen-bond acceptors (Lipinski definition) is 2. The zero-order chi connectivity index (χ0) is 12.4. The summed E-state index contributed by atoms with van der Waals surface area (Å²) in [6, 6.07) is 11.4. The molecular formula is C16H23NO. The van der Waals surface area contributed by atoms with Crippen LogP contribution in [0.2, 0.25) is 0 Å². The van der Waals surface area contributed by atoms with Crippen LogP contribution in [-0.4, -0.2) is 23.3 Å². The molecule has 2 heteroatoms. The highest BCUT2D eigenvalue weighted by molar-refractivity contribution is 5.25. The molecule has 2 nitrogen and oxygen atoms in total. The van der Waals surface area contributed by atoms with Crippen molar-refractivity contribution >= 4 is 0 Å². The molecule has 98 valence electrons. The van der Waals surface area contributed by atoms with E-state index in [-0.39, 0.29) is 12.1 Å². The minimum absolute atomic E-state index is 0.0687. The quantitative estimate of drug-likeness (QED) is 0.855. The number of nitrogens with one attached hydrogen (secondary N) is 1. The molecule has 0 aliphatic heterocycles. The van der Waals surface area contributed by atoms with Gasteiger partial charge in [0.25, 0.3) is 0 Å². The first-order valence-electron chi connectivity index (χ1n) is 7.27. The molecule has 2 N–H and O–H groups in total. The number of hydrogen-bond donors (Lipinski definition) is 2. The van der Waals surface area contributed by atoms with Crippen LogP contribution in [0.5, 0.6) is 0 Å². The smallest absolute Gasteiger partial charge is 0.0619 e. The Bertz CT molecular complexity index is 387. The lowest BCUT2D eigenvalue weighted by Crippen LogP contribution is -2.55. The highest BCUT2D eigenvalue weighted by Crippen LogP contribution is 2.42. The minimum atomic E-state index is -0.0687. The van der Waals surface area contributed by atoms with Crippen LogP contribution in [-0.2, 0) is 0 Å². The van der Waals surface area contributed by atoms with Crippen molar-refractivity contribution < 1.29 is 5.11 Å². The zero-order valence-corrected chi connectivity index (χ0v) is 10.9. The van der Waals surface area contributed by atoms with E-state index in [4.69, 9.17) is 0 Å². The summed E-state index contributed by atoms with van der Waals surface area (Å²) in [6.45, 7) is 0.267. The maximum atomic E-state index is 9.99. The SMILES string of the molecule is OCC1(NC2CC2)CCCCC1c1ccccc1. The highest BCUT2D eigenvalue weighted by Gasteiger charge is 2.43. The van der Waals surface area contributed by atoms with Crippen molar-refractivity contribution in [1.82, 2.24) is 5.32 Å². The predicted octanol–water partition coefficient (Wildman–Crippen LogP) is 2.83. The molecule has 0 aromatic heterocycles. The van der Waals surface area contributed by atoms with Gasteiger partial charge in [0.05, 0.1) is 6.61 Å². The van der Waals surface area contributed by atoms with Gasteiger partial charge in [-0.3, -0.25) is 0 Å². The Kier molecular flexibility index (Phi) is 3.40. The Morgan fingerprint density at radius 3 is 2.56 bits per heavy atom. The number of rotatable bonds is 4. The van der Waals surface area contributed by atoms with Gasteiger partial charge in [0.15, 0.2) is 0 Å². The Balaban J connectivity index is 1.87. The second kappa shape index (κ2) is 5.02. The third-order valence-electron chi connectivity index (χ3n) is 4.59. The van der Waals surface area contributed by atoms with Gasteiger partial charge in [-0.25, -0.2) is 0 Å². The molecule has 0 amide bonds. The molecular weight excluding hydrogens is 222 g/mol. The van der Waals surface area contributed by atoms with Gasteiger partial charge in [-0.1, -0.05) is 43.2 Å². The number of aliphatic hydroxyl groups is 1. The van der Waals surface area contributed by atoms with E-state index in [1.54, 1.807) is 0 Å². The topological polar surface area (TPSA) is 32.3 Å². The van der Waals surface area contributed by atoms with Gasteiger partial charge in [-0.05, 0) is 31.2 Å². The summed E-state index contributed by atoms with van der Waals surface area (Å²) in [4.78, 5) is 0. The molecule has 0 heterocycles. The minimum Gasteiger partial charge on any atom is -0.394 e. The molecule has 2 aliphatic carbocycles. The molecule has 0 spiro atoms. The van der Waals surface area contributed by atoms with Crippen molar-refractivity contribution in [1.29, 1.82) is 0 Å². The molecule has 0 saturated heterocycles. The van der Waals surface area contributed by atoms with E-state index < -0.39 is 0 Å². The van der Waals surface area contributed by atoms with Crippen LogP contribution in [0.15, 0.2) is 30.3 Å². The Morgan fingerprint density at radius 2 is 1.89 bits per heavy atom. The monoisotopic (exact) mass is 245 g/mol. The maximum Gasteiger partial charge on any atom is 0.0619 e. The third-order valence-corrected chi connectivity index (χ3v) is 4.59. The average molecular weight is 245 g/mol. The summed E-state index contributed by atoms with van der Waals surface area (Å²) in [5.74, 6) is 0.470. The summed E-state index contributed by atoms with van der Waals surface area (Å²) >= 11 is 0. The van der Waals surface area contributed by atoms with Crippen LogP contribution >= 0.6 is 0 Å². The van der Waals surface area contributed by atoms with Crippen LogP contribution in [0, 0.1) is 0 Å². The molecule has 0 radical (unpaired) electrons. The third kappa shape index (κ3) is 2.32. The first kappa shape index (κ1) is 12.2. The second-order valence-electron chi connectivity index (χ2n) is 5.94. The molecule has 1 aromatic rings. The van der Waals surface area contributed by atoms with E-state index in [9.17, 15) is 5.11 Å². The molecule has 2 fully saturated rings. The fraction of sp³-hybridized carbons (Fsp3) is 0.625. The van der Waals surface area contributed by atoms with Gasteiger partial charge >= 0.3 is 0 Å². The van der Waals surface area contributed by atoms with Crippen molar-refractivity contribution in [3.8, 4) is 0 Å². The molecule has 0 bridgehead atoms. The van der Waals surface area contributed by atoms with E-state index in [0.29, 0.717) is 12.0 Å². The molecule has 3 rings (SSSR count). The zero-order valence-electron chi connectivity index (χ0n) is 10.9. The lowest BCUT2D eigenvalue weighted by atomic mass is 9.70. The van der Waals surface area contributed by atoms with Crippen molar-refractivity contribution in [2.45, 2.75) is 56.0 Å². The van der Waals surface area contributed by atoms with Gasteiger partial charge in [0.2, 0.25) is 0 Å². The van der Waals surface area contributed by atoms with Crippen LogP contribution in [0.4, 0.5) is 0 Å². The number of benzene rings is 1. The first-order chi connectivity index (χ1) is 8.84. The molecule has 2 atom stereocenters. The van der Waals surface area contributed by atoms with Crippen LogP contribution in [0.25, 0.3) is 0 Å². The highest BCUT2D eigenvalue weighted by atomic mass is 16.3. The van der Waals surface area contributed by atoms with Crippen LogP contribution in [0.3, 0.4) is 0 Å². The Hall–Kier alpha value is -0.860. The van der Waals surface area contributed by atoms with Gasteiger partial charge in [-0.15, -0.1) is 0 Å². The maximum absolute atomic E-state index is 9.99. The lowest BCUT2D eigenvalue weighted by molar-refractivity contribution is 0.0977. The summed E-state index contributed by atoms with van der Waals surface area (Å²) in [6.07, 6.45) is 7.40. The largest absolute Gasteiger partial charge is 0.394 e. The first-order valence-corrected chi connectivity index (χ1v) is 7.27. The molecule has 2 aliphatic rings. The van der Waals surface area contributed by atoms with Crippen molar-refractivity contribution in [2.75, 3.05) is 6.61 Å². The number of aliphatic hydroxyl groups excluding tert-OH is 1. The van der Waals surface area contributed by atoms with Gasteiger partial charge in [-0.2, -0.15) is 0 Å². The predicted molar refractivity (Wildman–Crippen MR) is 73.6 cm³/mol. The summed E-state index contributed by atoms with van der Waals surface area (Å²) in [5, 5.41) is 13.7. The average Bonchev–Trinajstić information content (AvgIpc) is 3.24. The summed E-state index contributed by atoms with van der Waals surface area (Å²) in [7, 11) is 0. The van der Waals surface area contributed by atoms with Gasteiger partial charge < -0.3 is 10.4 Å². The van der Waals surface area contributed by atoms with Crippen LogP contribution in [0.1, 0.15) is 50.0 Å². The molecule has 2 unspecified atom stereocenters. The molecule has 1 aromatic carbocycles. The van der Waals surface area contributed by atoms with E-state index in [2.05, 4.69) is 35.6 Å². The summed E-state index contributed by atoms with van der Waals surface area (Å²) in [5.41, 5.74) is 1.32. The van der Waals surface area contributed by atoms with E-state index in [1.165, 1.54) is 37.7 Å². The second-order valence-corrected chi connectivity index (χ2v) is 5.94. The van der Waals surface area contributed by atoms with Gasteiger partial charge in [0.1, 0.15) is 0 Å². The fourth-order valence-electron chi connectivity index (χ4n) is 3.45. The standard InChI is InChI=1S/C16H23NO/c18-12-16(17-14-9-10-14)11-5-4-8-15(16)13-6-2-1-3-7-13/h1-3,6-7,14-15,17-18H,4-5,8-12H2. The van der Waals surface area contributed by atoms with Crippen molar-refractivity contribution in [2.24, 2.45) is 0 Å². The Labute approximate surface area is 109 Å². The summed E-state index contributed by atoms with van der Waals surface area (Å²) < 4.78 is 0. The van der Waals surface area contributed by atoms with Crippen molar-refractivity contribution in [3.05, 3.63) is 35.9 Å². The van der Waals surface area contributed by atoms with E-state index in [1.807, 2.05) is 0 Å². The van der Waals surface area contributed by atoms with E-state index >= 15 is 0 Å². The fourth-order valence-corrected chi connectivity index (χ4v) is 3.45. The Morgan fingerprint density at radius 1 is 1.11 bits per heavy atom. The molecule has 2 saturated carbocycles. The lowest BCUT2D eigenvalue weighted by Gasteiger charge is -2.44. The van der Waals surface area contributed by atoms with Gasteiger partial charge in [0, 0.05) is 17.5 Å².